The van der Waals surface area contributed by atoms with Crippen molar-refractivity contribution < 1.29 is 4.74 Å². The number of fused-ring (bicyclic) bond motifs is 1. The molecule has 2 heteroatoms. The van der Waals surface area contributed by atoms with Crippen LogP contribution < -0.4 is 10.5 Å². The fraction of sp³-hybridized carbons (Fsp3) is 0.333. The van der Waals surface area contributed by atoms with E-state index >= 15 is 0 Å². The first-order valence-corrected chi connectivity index (χ1v) is 7.24. The average Bonchev–Trinajstić information content (AvgIpc) is 2.54. The van der Waals surface area contributed by atoms with Crippen molar-refractivity contribution in [1.29, 1.82) is 0 Å². The molecule has 3 rings (SSSR count). The molecule has 0 bridgehead atoms. The van der Waals surface area contributed by atoms with Crippen molar-refractivity contribution in [3.63, 3.8) is 0 Å². The molecule has 2 aromatic rings. The number of rotatable bonds is 3. The Morgan fingerprint density at radius 1 is 1.10 bits per heavy atom. The Morgan fingerprint density at radius 3 is 2.65 bits per heavy atom. The second-order valence-electron chi connectivity index (χ2n) is 5.57. The van der Waals surface area contributed by atoms with Crippen molar-refractivity contribution in [3.8, 4) is 5.75 Å². The average molecular weight is 267 g/mol. The van der Waals surface area contributed by atoms with Crippen LogP contribution in [0.25, 0.3) is 0 Å². The summed E-state index contributed by atoms with van der Waals surface area (Å²) in [5.41, 5.74) is 10.5. The van der Waals surface area contributed by atoms with Gasteiger partial charge in [0.25, 0.3) is 0 Å². The highest BCUT2D eigenvalue weighted by Crippen LogP contribution is 2.34. The molecule has 104 valence electrons. The van der Waals surface area contributed by atoms with Crippen LogP contribution in [0.15, 0.2) is 48.5 Å². The van der Waals surface area contributed by atoms with Gasteiger partial charge >= 0.3 is 0 Å². The molecule has 0 saturated carbocycles. The molecular formula is C18H21NO. The zero-order chi connectivity index (χ0) is 13.9. The van der Waals surface area contributed by atoms with E-state index in [9.17, 15) is 0 Å². The Hall–Kier alpha value is -1.80. The number of hydrogen-bond acceptors (Lipinski definition) is 2. The molecule has 2 unspecified atom stereocenters. The van der Waals surface area contributed by atoms with Crippen LogP contribution in [0.5, 0.6) is 5.75 Å². The Balaban J connectivity index is 1.78. The lowest BCUT2D eigenvalue weighted by molar-refractivity contribution is 0.379. The van der Waals surface area contributed by atoms with Crippen molar-refractivity contribution in [1.82, 2.24) is 0 Å². The fourth-order valence-corrected chi connectivity index (χ4v) is 3.14. The zero-order valence-corrected chi connectivity index (χ0v) is 11.9. The van der Waals surface area contributed by atoms with Gasteiger partial charge in [-0.15, -0.1) is 0 Å². The first kappa shape index (κ1) is 13.2. The zero-order valence-electron chi connectivity index (χ0n) is 11.9. The third kappa shape index (κ3) is 2.56. The molecule has 0 aliphatic heterocycles. The summed E-state index contributed by atoms with van der Waals surface area (Å²) < 4.78 is 5.30. The molecule has 0 spiro atoms. The van der Waals surface area contributed by atoms with Gasteiger partial charge in [0.1, 0.15) is 5.75 Å². The van der Waals surface area contributed by atoms with Gasteiger partial charge < -0.3 is 10.5 Å². The molecule has 2 aromatic carbocycles. The number of ether oxygens (including phenoxy) is 1. The molecule has 2 atom stereocenters. The smallest absolute Gasteiger partial charge is 0.119 e. The minimum Gasteiger partial charge on any atom is -0.497 e. The monoisotopic (exact) mass is 267 g/mol. The summed E-state index contributed by atoms with van der Waals surface area (Å²) in [5.74, 6) is 1.48. The fourth-order valence-electron chi connectivity index (χ4n) is 3.14. The van der Waals surface area contributed by atoms with Gasteiger partial charge in [0.15, 0.2) is 0 Å². The summed E-state index contributed by atoms with van der Waals surface area (Å²) >= 11 is 0. The van der Waals surface area contributed by atoms with Crippen LogP contribution in [0.1, 0.15) is 29.2 Å². The molecule has 0 radical (unpaired) electrons. The van der Waals surface area contributed by atoms with Gasteiger partial charge in [0.2, 0.25) is 0 Å². The van der Waals surface area contributed by atoms with Crippen molar-refractivity contribution in [2.45, 2.75) is 25.3 Å². The second-order valence-corrected chi connectivity index (χ2v) is 5.57. The first-order valence-electron chi connectivity index (χ1n) is 7.24. The molecule has 0 saturated heterocycles. The van der Waals surface area contributed by atoms with Crippen LogP contribution in [-0.4, -0.2) is 7.11 Å². The van der Waals surface area contributed by atoms with E-state index in [2.05, 4.69) is 42.5 Å². The molecule has 0 heterocycles. The van der Waals surface area contributed by atoms with E-state index in [1.54, 1.807) is 7.11 Å². The summed E-state index contributed by atoms with van der Waals surface area (Å²) in [5, 5.41) is 0. The van der Waals surface area contributed by atoms with Gasteiger partial charge in [-0.05, 0) is 54.0 Å². The van der Waals surface area contributed by atoms with E-state index < -0.39 is 0 Å². The lowest BCUT2D eigenvalue weighted by atomic mass is 9.78. The third-order valence-electron chi connectivity index (χ3n) is 4.37. The van der Waals surface area contributed by atoms with Crippen molar-refractivity contribution in [2.75, 3.05) is 7.11 Å². The van der Waals surface area contributed by atoms with Crippen molar-refractivity contribution >= 4 is 0 Å². The van der Waals surface area contributed by atoms with Crippen molar-refractivity contribution in [3.05, 3.63) is 65.2 Å². The van der Waals surface area contributed by atoms with Gasteiger partial charge in [-0.1, -0.05) is 36.4 Å². The summed E-state index contributed by atoms with van der Waals surface area (Å²) in [4.78, 5) is 0. The van der Waals surface area contributed by atoms with E-state index in [-0.39, 0.29) is 6.04 Å². The Morgan fingerprint density at radius 2 is 1.90 bits per heavy atom. The largest absolute Gasteiger partial charge is 0.497 e. The van der Waals surface area contributed by atoms with E-state index in [1.807, 2.05) is 6.07 Å². The number of aryl methyl sites for hydroxylation is 1. The van der Waals surface area contributed by atoms with Crippen LogP contribution in [0.4, 0.5) is 0 Å². The molecule has 20 heavy (non-hydrogen) atoms. The predicted molar refractivity (Wildman–Crippen MR) is 81.9 cm³/mol. The van der Waals surface area contributed by atoms with E-state index in [0.717, 1.165) is 25.0 Å². The topological polar surface area (TPSA) is 35.2 Å². The summed E-state index contributed by atoms with van der Waals surface area (Å²) in [6.07, 6.45) is 3.31. The molecule has 2 N–H and O–H groups in total. The van der Waals surface area contributed by atoms with Crippen LogP contribution in [0.3, 0.4) is 0 Å². The Kier molecular flexibility index (Phi) is 3.75. The van der Waals surface area contributed by atoms with E-state index in [0.29, 0.717) is 5.92 Å². The number of hydrogen-bond donors (Lipinski definition) is 1. The first-order chi connectivity index (χ1) is 9.78. The van der Waals surface area contributed by atoms with Gasteiger partial charge in [0, 0.05) is 6.04 Å². The van der Waals surface area contributed by atoms with Crippen molar-refractivity contribution in [2.24, 2.45) is 11.7 Å². The summed E-state index contributed by atoms with van der Waals surface area (Å²) in [6, 6.07) is 17.0. The van der Waals surface area contributed by atoms with E-state index in [4.69, 9.17) is 10.5 Å². The molecule has 1 aliphatic rings. The van der Waals surface area contributed by atoms with Gasteiger partial charge in [-0.3, -0.25) is 0 Å². The van der Waals surface area contributed by atoms with Crippen LogP contribution in [-0.2, 0) is 12.8 Å². The quantitative estimate of drug-likeness (QED) is 0.923. The molecule has 0 fully saturated rings. The SMILES string of the molecule is COc1ccc2c(c1)CCC(C(N)c1ccccc1)C2. The maximum atomic E-state index is 6.46. The molecule has 0 amide bonds. The number of benzene rings is 2. The van der Waals surface area contributed by atoms with Gasteiger partial charge in [-0.2, -0.15) is 0 Å². The van der Waals surface area contributed by atoms with Gasteiger partial charge in [-0.25, -0.2) is 0 Å². The highest BCUT2D eigenvalue weighted by atomic mass is 16.5. The standard InChI is InChI=1S/C18H21NO/c1-20-17-10-9-14-11-16(8-7-15(14)12-17)18(19)13-5-3-2-4-6-13/h2-6,9-10,12,16,18H,7-8,11,19H2,1H3. The highest BCUT2D eigenvalue weighted by molar-refractivity contribution is 5.38. The van der Waals surface area contributed by atoms with Crippen LogP contribution in [0.2, 0.25) is 0 Å². The van der Waals surface area contributed by atoms with Gasteiger partial charge in [0.05, 0.1) is 7.11 Å². The molecule has 0 aromatic heterocycles. The molecular weight excluding hydrogens is 246 g/mol. The normalized spacial score (nSPS) is 19.2. The van der Waals surface area contributed by atoms with E-state index in [1.165, 1.54) is 16.7 Å². The molecule has 1 aliphatic carbocycles. The number of nitrogens with two attached hydrogens (primary N) is 1. The maximum Gasteiger partial charge on any atom is 0.119 e. The Bertz CT molecular complexity index is 579. The third-order valence-corrected chi connectivity index (χ3v) is 4.37. The van der Waals surface area contributed by atoms with Crippen LogP contribution >= 0.6 is 0 Å². The maximum absolute atomic E-state index is 6.46. The minimum atomic E-state index is 0.131. The second kappa shape index (κ2) is 5.68. The summed E-state index contributed by atoms with van der Waals surface area (Å²) in [7, 11) is 1.72. The minimum absolute atomic E-state index is 0.131. The lowest BCUT2D eigenvalue weighted by Crippen LogP contribution is -2.27. The Labute approximate surface area is 120 Å². The predicted octanol–water partition coefficient (Wildman–Crippen LogP) is 3.50. The van der Waals surface area contributed by atoms with Crippen LogP contribution in [0, 0.1) is 5.92 Å². The number of methoxy groups -OCH3 is 1. The lowest BCUT2D eigenvalue weighted by Gasteiger charge is -2.29. The molecule has 2 nitrogen and oxygen atoms in total. The highest BCUT2D eigenvalue weighted by Gasteiger charge is 2.25. The summed E-state index contributed by atoms with van der Waals surface area (Å²) in [6.45, 7) is 0.